The molecule has 0 heterocycles. The summed E-state index contributed by atoms with van der Waals surface area (Å²) >= 11 is 0. The molecule has 0 fully saturated rings. The zero-order valence-electron chi connectivity index (χ0n) is 10.4. The van der Waals surface area contributed by atoms with Gasteiger partial charge in [-0.3, -0.25) is 4.79 Å². The minimum atomic E-state index is -0.851. The molecule has 0 saturated heterocycles. The van der Waals surface area contributed by atoms with Crippen LogP contribution in [0, 0.1) is 11.3 Å². The molecule has 1 N–H and O–H groups in total. The number of carbonyl (C=O) groups is 1. The van der Waals surface area contributed by atoms with Crippen molar-refractivity contribution in [3.8, 4) is 6.07 Å². The van der Waals surface area contributed by atoms with Crippen LogP contribution in [0.1, 0.15) is 18.9 Å². The Labute approximate surface area is 107 Å². The number of hydrogen-bond acceptors (Lipinski definition) is 3. The predicted molar refractivity (Wildman–Crippen MR) is 70.4 cm³/mol. The van der Waals surface area contributed by atoms with E-state index < -0.39 is 5.97 Å². The van der Waals surface area contributed by atoms with Crippen LogP contribution in [-0.4, -0.2) is 24.2 Å². The Kier molecular flexibility index (Phi) is 4.94. The SMILES string of the molecule is C=C(C)CN(CCC(=O)O)c1ccccc1C#N. The second-order valence-corrected chi connectivity index (χ2v) is 4.15. The molecule has 0 radical (unpaired) electrons. The van der Waals surface area contributed by atoms with E-state index in [0.717, 1.165) is 11.3 Å². The summed E-state index contributed by atoms with van der Waals surface area (Å²) in [7, 11) is 0. The molecule has 1 aromatic rings. The molecule has 1 rings (SSSR count). The summed E-state index contributed by atoms with van der Waals surface area (Å²) in [6.07, 6.45) is 0.0348. The summed E-state index contributed by atoms with van der Waals surface area (Å²) < 4.78 is 0. The van der Waals surface area contributed by atoms with E-state index in [0.29, 0.717) is 18.7 Å². The highest BCUT2D eigenvalue weighted by atomic mass is 16.4. The Morgan fingerprint density at radius 3 is 2.72 bits per heavy atom. The number of rotatable bonds is 6. The van der Waals surface area contributed by atoms with Crippen LogP contribution in [0.25, 0.3) is 0 Å². The standard InChI is InChI=1S/C14H16N2O2/c1-11(2)10-16(8-7-14(17)18)13-6-4-3-5-12(13)9-15/h3-6H,1,7-8,10H2,2H3,(H,17,18). The van der Waals surface area contributed by atoms with E-state index in [9.17, 15) is 4.79 Å². The molecule has 0 saturated carbocycles. The van der Waals surface area contributed by atoms with E-state index in [2.05, 4.69) is 12.6 Å². The van der Waals surface area contributed by atoms with Gasteiger partial charge in [-0.05, 0) is 19.1 Å². The summed E-state index contributed by atoms with van der Waals surface area (Å²) in [6.45, 7) is 6.62. The Balaban J connectivity index is 2.97. The van der Waals surface area contributed by atoms with Crippen molar-refractivity contribution < 1.29 is 9.90 Å². The lowest BCUT2D eigenvalue weighted by Gasteiger charge is -2.25. The van der Waals surface area contributed by atoms with Gasteiger partial charge in [-0.25, -0.2) is 0 Å². The highest BCUT2D eigenvalue weighted by Crippen LogP contribution is 2.20. The van der Waals surface area contributed by atoms with Crippen molar-refractivity contribution in [1.82, 2.24) is 0 Å². The summed E-state index contributed by atoms with van der Waals surface area (Å²) in [4.78, 5) is 12.5. The number of hydrogen-bond donors (Lipinski definition) is 1. The minimum absolute atomic E-state index is 0.0348. The van der Waals surface area contributed by atoms with Crippen molar-refractivity contribution in [1.29, 1.82) is 5.26 Å². The van der Waals surface area contributed by atoms with Gasteiger partial charge in [0.1, 0.15) is 6.07 Å². The molecule has 0 aromatic heterocycles. The normalized spacial score (nSPS) is 9.56. The highest BCUT2D eigenvalue weighted by Gasteiger charge is 2.12. The Morgan fingerprint density at radius 2 is 2.17 bits per heavy atom. The molecule has 18 heavy (non-hydrogen) atoms. The summed E-state index contributed by atoms with van der Waals surface area (Å²) in [5.41, 5.74) is 2.22. The lowest BCUT2D eigenvalue weighted by Crippen LogP contribution is -2.28. The van der Waals surface area contributed by atoms with Gasteiger partial charge >= 0.3 is 5.97 Å². The fraction of sp³-hybridized carbons (Fsp3) is 0.286. The van der Waals surface area contributed by atoms with Crippen LogP contribution >= 0.6 is 0 Å². The fourth-order valence-corrected chi connectivity index (χ4v) is 1.69. The third-order valence-electron chi connectivity index (χ3n) is 2.42. The third-order valence-corrected chi connectivity index (χ3v) is 2.42. The van der Waals surface area contributed by atoms with E-state index in [1.165, 1.54) is 0 Å². The molecule has 1 aromatic carbocycles. The molecule has 0 unspecified atom stereocenters. The Morgan fingerprint density at radius 1 is 1.50 bits per heavy atom. The molecule has 4 heteroatoms. The van der Waals surface area contributed by atoms with Crippen LogP contribution in [0.2, 0.25) is 0 Å². The largest absolute Gasteiger partial charge is 0.481 e. The topological polar surface area (TPSA) is 64.3 Å². The number of nitrogens with zero attached hydrogens (tertiary/aromatic N) is 2. The lowest BCUT2D eigenvalue weighted by atomic mass is 10.1. The van der Waals surface area contributed by atoms with Crippen molar-refractivity contribution in [2.24, 2.45) is 0 Å². The lowest BCUT2D eigenvalue weighted by molar-refractivity contribution is -0.136. The van der Waals surface area contributed by atoms with E-state index in [-0.39, 0.29) is 6.42 Å². The number of para-hydroxylation sites is 1. The Hall–Kier alpha value is -2.28. The number of aliphatic carboxylic acids is 1. The average molecular weight is 244 g/mol. The van der Waals surface area contributed by atoms with Crippen molar-refractivity contribution in [2.75, 3.05) is 18.0 Å². The van der Waals surface area contributed by atoms with Crippen LogP contribution in [0.3, 0.4) is 0 Å². The fourth-order valence-electron chi connectivity index (χ4n) is 1.69. The van der Waals surface area contributed by atoms with E-state index in [4.69, 9.17) is 10.4 Å². The number of carboxylic acid groups (broad SMARTS) is 1. The van der Waals surface area contributed by atoms with E-state index in [1.54, 1.807) is 12.1 Å². The number of anilines is 1. The quantitative estimate of drug-likeness (QED) is 0.780. The van der Waals surface area contributed by atoms with Crippen LogP contribution in [0.5, 0.6) is 0 Å². The maximum absolute atomic E-state index is 10.7. The van der Waals surface area contributed by atoms with Gasteiger partial charge in [-0.1, -0.05) is 24.3 Å². The zero-order valence-corrected chi connectivity index (χ0v) is 10.4. The highest BCUT2D eigenvalue weighted by molar-refractivity contribution is 5.68. The van der Waals surface area contributed by atoms with Gasteiger partial charge in [-0.15, -0.1) is 0 Å². The predicted octanol–water partition coefficient (Wildman–Crippen LogP) is 2.42. The molecule has 0 amide bonds. The first-order chi connectivity index (χ1) is 8.54. The van der Waals surface area contributed by atoms with Crippen molar-refractivity contribution in [3.63, 3.8) is 0 Å². The molecule has 0 atom stereocenters. The maximum atomic E-state index is 10.7. The molecule has 0 aliphatic heterocycles. The maximum Gasteiger partial charge on any atom is 0.305 e. The number of nitriles is 1. The summed E-state index contributed by atoms with van der Waals surface area (Å²) in [5, 5.41) is 17.8. The summed E-state index contributed by atoms with van der Waals surface area (Å²) in [6, 6.07) is 9.29. The van der Waals surface area contributed by atoms with Gasteiger partial charge in [0.15, 0.2) is 0 Å². The van der Waals surface area contributed by atoms with Crippen LogP contribution in [-0.2, 0) is 4.79 Å². The smallest absolute Gasteiger partial charge is 0.305 e. The molecule has 0 aliphatic rings. The van der Waals surface area contributed by atoms with E-state index >= 15 is 0 Å². The van der Waals surface area contributed by atoms with Crippen molar-refractivity contribution in [2.45, 2.75) is 13.3 Å². The van der Waals surface area contributed by atoms with Crippen LogP contribution in [0.15, 0.2) is 36.4 Å². The van der Waals surface area contributed by atoms with Gasteiger partial charge in [0.2, 0.25) is 0 Å². The Bertz CT molecular complexity index is 489. The first kappa shape index (κ1) is 13.8. The van der Waals surface area contributed by atoms with Gasteiger partial charge < -0.3 is 10.0 Å². The van der Waals surface area contributed by atoms with Crippen LogP contribution < -0.4 is 4.90 Å². The second kappa shape index (κ2) is 6.45. The summed E-state index contributed by atoms with van der Waals surface area (Å²) in [5.74, 6) is -0.851. The minimum Gasteiger partial charge on any atom is -0.481 e. The van der Waals surface area contributed by atoms with Gasteiger partial charge in [0.05, 0.1) is 17.7 Å². The number of carboxylic acids is 1. The van der Waals surface area contributed by atoms with E-state index in [1.807, 2.05) is 24.0 Å². The average Bonchev–Trinajstić information content (AvgIpc) is 2.33. The first-order valence-electron chi connectivity index (χ1n) is 5.65. The molecular weight excluding hydrogens is 228 g/mol. The van der Waals surface area contributed by atoms with Gasteiger partial charge in [0, 0.05) is 13.1 Å². The number of benzene rings is 1. The molecule has 0 spiro atoms. The molecule has 94 valence electrons. The van der Waals surface area contributed by atoms with Crippen molar-refractivity contribution in [3.05, 3.63) is 42.0 Å². The molecule has 0 aliphatic carbocycles. The zero-order chi connectivity index (χ0) is 13.5. The molecular formula is C14H16N2O2. The first-order valence-corrected chi connectivity index (χ1v) is 5.65. The second-order valence-electron chi connectivity index (χ2n) is 4.15. The van der Waals surface area contributed by atoms with Crippen molar-refractivity contribution >= 4 is 11.7 Å². The van der Waals surface area contributed by atoms with Gasteiger partial charge in [0.25, 0.3) is 0 Å². The van der Waals surface area contributed by atoms with Gasteiger partial charge in [-0.2, -0.15) is 5.26 Å². The molecule has 4 nitrogen and oxygen atoms in total. The van der Waals surface area contributed by atoms with Crippen LogP contribution in [0.4, 0.5) is 5.69 Å². The third kappa shape index (κ3) is 3.95. The molecule has 0 bridgehead atoms. The monoisotopic (exact) mass is 244 g/mol.